The summed E-state index contributed by atoms with van der Waals surface area (Å²) in [7, 11) is 1.81. The summed E-state index contributed by atoms with van der Waals surface area (Å²) < 4.78 is 5.27. The SMILES string of the molecule is COCC1CCN(Cc2cccc3ccccc23)CC1.O=C(O)C(=O)O. The van der Waals surface area contributed by atoms with Crippen LogP contribution in [0.25, 0.3) is 10.8 Å². The molecule has 2 N–H and O–H groups in total. The van der Waals surface area contributed by atoms with Crippen molar-refractivity contribution in [1.29, 1.82) is 0 Å². The molecular weight excluding hydrogens is 334 g/mol. The number of fused-ring (bicyclic) bond motifs is 1. The molecule has 2 aromatic rings. The number of rotatable bonds is 4. The summed E-state index contributed by atoms with van der Waals surface area (Å²) in [6, 6.07) is 15.3. The number of piperidine rings is 1. The standard InChI is InChI=1S/C18H23NO.C2H2O4/c1-20-14-15-9-11-19(12-10-15)13-17-7-4-6-16-5-2-3-8-18(16)17;3-1(4)2(5)6/h2-8,15H,9-14H2,1H3;(H,3,4)(H,5,6). The normalized spacial score (nSPS) is 15.3. The lowest BCUT2D eigenvalue weighted by atomic mass is 9.97. The van der Waals surface area contributed by atoms with Crippen molar-refractivity contribution in [2.45, 2.75) is 19.4 Å². The second-order valence-electron chi connectivity index (χ2n) is 6.42. The Morgan fingerprint density at radius 2 is 1.65 bits per heavy atom. The molecule has 0 bridgehead atoms. The summed E-state index contributed by atoms with van der Waals surface area (Å²) in [5, 5.41) is 17.5. The average Bonchev–Trinajstić information content (AvgIpc) is 2.64. The number of aliphatic carboxylic acids is 2. The molecule has 3 rings (SSSR count). The lowest BCUT2D eigenvalue weighted by Gasteiger charge is -2.31. The Morgan fingerprint density at radius 3 is 2.27 bits per heavy atom. The van der Waals surface area contributed by atoms with Crippen LogP contribution in [0.1, 0.15) is 18.4 Å². The third kappa shape index (κ3) is 5.82. The van der Waals surface area contributed by atoms with E-state index < -0.39 is 11.9 Å². The van der Waals surface area contributed by atoms with Gasteiger partial charge < -0.3 is 14.9 Å². The van der Waals surface area contributed by atoms with Gasteiger partial charge in [-0.25, -0.2) is 9.59 Å². The maximum absolute atomic E-state index is 9.10. The molecule has 140 valence electrons. The van der Waals surface area contributed by atoms with Crippen molar-refractivity contribution in [3.05, 3.63) is 48.0 Å². The van der Waals surface area contributed by atoms with Crippen LogP contribution < -0.4 is 0 Å². The molecule has 0 spiro atoms. The van der Waals surface area contributed by atoms with E-state index in [1.807, 2.05) is 7.11 Å². The van der Waals surface area contributed by atoms with Gasteiger partial charge in [0.1, 0.15) is 0 Å². The van der Waals surface area contributed by atoms with Crippen LogP contribution in [-0.2, 0) is 20.9 Å². The summed E-state index contributed by atoms with van der Waals surface area (Å²) in [5.41, 5.74) is 1.45. The molecule has 0 unspecified atom stereocenters. The Bertz CT molecular complexity index is 721. The topological polar surface area (TPSA) is 87.1 Å². The highest BCUT2D eigenvalue weighted by atomic mass is 16.5. The fraction of sp³-hybridized carbons (Fsp3) is 0.400. The van der Waals surface area contributed by atoms with Gasteiger partial charge in [-0.15, -0.1) is 0 Å². The van der Waals surface area contributed by atoms with Gasteiger partial charge in [-0.3, -0.25) is 4.90 Å². The molecule has 2 aromatic carbocycles. The number of hydrogen-bond acceptors (Lipinski definition) is 4. The van der Waals surface area contributed by atoms with Gasteiger partial charge >= 0.3 is 11.9 Å². The Hall–Kier alpha value is -2.44. The van der Waals surface area contributed by atoms with Crippen molar-refractivity contribution in [2.24, 2.45) is 5.92 Å². The van der Waals surface area contributed by atoms with Crippen LogP contribution in [0.15, 0.2) is 42.5 Å². The van der Waals surface area contributed by atoms with E-state index in [9.17, 15) is 0 Å². The van der Waals surface area contributed by atoms with Gasteiger partial charge in [0, 0.05) is 20.3 Å². The Labute approximate surface area is 153 Å². The number of carboxylic acid groups (broad SMARTS) is 2. The first-order valence-corrected chi connectivity index (χ1v) is 8.65. The summed E-state index contributed by atoms with van der Waals surface area (Å²) in [6.45, 7) is 4.37. The van der Waals surface area contributed by atoms with Crippen molar-refractivity contribution in [2.75, 3.05) is 26.8 Å². The Balaban J connectivity index is 0.000000352. The average molecular weight is 359 g/mol. The van der Waals surface area contributed by atoms with Crippen LogP contribution >= 0.6 is 0 Å². The van der Waals surface area contributed by atoms with Crippen molar-refractivity contribution < 1.29 is 24.5 Å². The molecule has 0 atom stereocenters. The molecule has 6 heteroatoms. The second-order valence-corrected chi connectivity index (χ2v) is 6.42. The number of hydrogen-bond donors (Lipinski definition) is 2. The first-order valence-electron chi connectivity index (χ1n) is 8.65. The molecule has 26 heavy (non-hydrogen) atoms. The van der Waals surface area contributed by atoms with E-state index in [1.54, 1.807) is 0 Å². The van der Waals surface area contributed by atoms with E-state index in [0.29, 0.717) is 0 Å². The van der Waals surface area contributed by atoms with Gasteiger partial charge in [0.25, 0.3) is 0 Å². The van der Waals surface area contributed by atoms with Gasteiger partial charge in [-0.05, 0) is 48.2 Å². The highest BCUT2D eigenvalue weighted by Gasteiger charge is 2.19. The van der Waals surface area contributed by atoms with E-state index in [4.69, 9.17) is 24.5 Å². The van der Waals surface area contributed by atoms with E-state index >= 15 is 0 Å². The maximum atomic E-state index is 9.10. The molecule has 0 aromatic heterocycles. The van der Waals surface area contributed by atoms with E-state index in [-0.39, 0.29) is 0 Å². The summed E-state index contributed by atoms with van der Waals surface area (Å²) in [6.07, 6.45) is 2.53. The van der Waals surface area contributed by atoms with Crippen LogP contribution in [0, 0.1) is 5.92 Å². The molecule has 0 saturated carbocycles. The Kier molecular flexibility index (Phi) is 7.56. The number of benzene rings is 2. The highest BCUT2D eigenvalue weighted by molar-refractivity contribution is 6.27. The van der Waals surface area contributed by atoms with Gasteiger partial charge in [-0.1, -0.05) is 42.5 Å². The molecule has 0 aliphatic carbocycles. The number of nitrogens with zero attached hydrogens (tertiary/aromatic N) is 1. The number of methoxy groups -OCH3 is 1. The summed E-state index contributed by atoms with van der Waals surface area (Å²) >= 11 is 0. The second kappa shape index (κ2) is 9.89. The highest BCUT2D eigenvalue weighted by Crippen LogP contribution is 2.23. The van der Waals surface area contributed by atoms with E-state index in [2.05, 4.69) is 47.4 Å². The van der Waals surface area contributed by atoms with Crippen LogP contribution in [0.4, 0.5) is 0 Å². The minimum absolute atomic E-state index is 0.753. The zero-order valence-corrected chi connectivity index (χ0v) is 14.9. The lowest BCUT2D eigenvalue weighted by molar-refractivity contribution is -0.159. The summed E-state index contributed by atoms with van der Waals surface area (Å²) in [4.78, 5) is 20.8. The van der Waals surface area contributed by atoms with Gasteiger partial charge in [0.15, 0.2) is 0 Å². The van der Waals surface area contributed by atoms with Crippen molar-refractivity contribution >= 4 is 22.7 Å². The molecular formula is C20H25NO5. The quantitative estimate of drug-likeness (QED) is 0.817. The Morgan fingerprint density at radius 1 is 1.04 bits per heavy atom. The smallest absolute Gasteiger partial charge is 0.414 e. The van der Waals surface area contributed by atoms with E-state index in [0.717, 1.165) is 19.1 Å². The predicted octanol–water partition coefficient (Wildman–Crippen LogP) is 2.85. The zero-order chi connectivity index (χ0) is 18.9. The fourth-order valence-electron chi connectivity index (χ4n) is 3.22. The molecule has 0 radical (unpaired) electrons. The monoisotopic (exact) mass is 359 g/mol. The lowest BCUT2D eigenvalue weighted by Crippen LogP contribution is -2.34. The zero-order valence-electron chi connectivity index (χ0n) is 14.9. The third-order valence-corrected chi connectivity index (χ3v) is 4.57. The van der Waals surface area contributed by atoms with Crippen LogP contribution in [0.5, 0.6) is 0 Å². The van der Waals surface area contributed by atoms with E-state index in [1.165, 1.54) is 42.3 Å². The first-order chi connectivity index (χ1) is 12.5. The molecule has 1 aliphatic rings. The molecule has 1 aliphatic heterocycles. The number of carboxylic acids is 2. The minimum Gasteiger partial charge on any atom is -0.473 e. The van der Waals surface area contributed by atoms with Crippen LogP contribution in [0.2, 0.25) is 0 Å². The van der Waals surface area contributed by atoms with Crippen LogP contribution in [0.3, 0.4) is 0 Å². The van der Waals surface area contributed by atoms with Crippen molar-refractivity contribution in [3.63, 3.8) is 0 Å². The van der Waals surface area contributed by atoms with Gasteiger partial charge in [0.05, 0.1) is 0 Å². The molecule has 0 amide bonds. The maximum Gasteiger partial charge on any atom is 0.414 e. The molecule has 1 heterocycles. The third-order valence-electron chi connectivity index (χ3n) is 4.57. The first kappa shape index (κ1) is 19.9. The van der Waals surface area contributed by atoms with Gasteiger partial charge in [0.2, 0.25) is 0 Å². The van der Waals surface area contributed by atoms with Crippen LogP contribution in [-0.4, -0.2) is 53.9 Å². The number of likely N-dealkylation sites (tertiary alicyclic amines) is 1. The molecule has 1 fully saturated rings. The van der Waals surface area contributed by atoms with Gasteiger partial charge in [-0.2, -0.15) is 0 Å². The molecule has 6 nitrogen and oxygen atoms in total. The van der Waals surface area contributed by atoms with Crippen molar-refractivity contribution in [3.8, 4) is 0 Å². The molecule has 1 saturated heterocycles. The fourth-order valence-corrected chi connectivity index (χ4v) is 3.22. The predicted molar refractivity (Wildman–Crippen MR) is 99.1 cm³/mol. The minimum atomic E-state index is -1.82. The number of carbonyl (C=O) groups is 2. The van der Waals surface area contributed by atoms with Crippen molar-refractivity contribution in [1.82, 2.24) is 4.90 Å². The number of ether oxygens (including phenoxy) is 1. The summed E-state index contributed by atoms with van der Waals surface area (Å²) in [5.74, 6) is -2.89. The largest absolute Gasteiger partial charge is 0.473 e.